The normalized spacial score (nSPS) is 14.4. The van der Waals surface area contributed by atoms with Crippen LogP contribution in [-0.4, -0.2) is 46.7 Å². The van der Waals surface area contributed by atoms with Crippen molar-refractivity contribution in [2.75, 3.05) is 12.0 Å². The number of rotatable bonds is 5. The molecule has 0 aliphatic heterocycles. The second-order valence-corrected chi connectivity index (χ2v) is 12.1. The summed E-state index contributed by atoms with van der Waals surface area (Å²) >= 11 is 17.5. The van der Waals surface area contributed by atoms with E-state index in [2.05, 4.69) is 5.10 Å². The fourth-order valence-electron chi connectivity index (χ4n) is 3.88. The first kappa shape index (κ1) is 33.0. The maximum absolute atomic E-state index is 12.6. The molecule has 1 aliphatic rings. The number of nitrogens with two attached hydrogens (primary N) is 1. The van der Waals surface area contributed by atoms with E-state index < -0.39 is 61.3 Å². The van der Waals surface area contributed by atoms with Gasteiger partial charge in [0.25, 0.3) is 0 Å². The number of nitro groups is 1. The fourth-order valence-corrected chi connectivity index (χ4v) is 5.51. The van der Waals surface area contributed by atoms with E-state index in [4.69, 9.17) is 40.5 Å². The predicted octanol–water partition coefficient (Wildman–Crippen LogP) is 5.55. The van der Waals surface area contributed by atoms with Gasteiger partial charge in [0.05, 0.1) is 30.5 Å². The second-order valence-electron chi connectivity index (χ2n) is 8.87. The van der Waals surface area contributed by atoms with Crippen molar-refractivity contribution in [1.82, 2.24) is 9.78 Å². The van der Waals surface area contributed by atoms with E-state index in [9.17, 15) is 46.1 Å². The Kier molecular flexibility index (Phi) is 9.71. The number of hydrogen-bond donors (Lipinski definition) is 1. The summed E-state index contributed by atoms with van der Waals surface area (Å²) in [5.41, 5.74) is 3.78. The van der Waals surface area contributed by atoms with Crippen LogP contribution in [0.1, 0.15) is 35.2 Å². The lowest BCUT2D eigenvalue weighted by molar-refractivity contribution is -0.383. The highest BCUT2D eigenvalue weighted by Crippen LogP contribution is 2.39. The van der Waals surface area contributed by atoms with E-state index in [-0.39, 0.29) is 44.1 Å². The highest BCUT2D eigenvalue weighted by atomic mass is 35.5. The molecule has 3 aromatic rings. The van der Waals surface area contributed by atoms with Crippen molar-refractivity contribution in [2.45, 2.75) is 30.3 Å². The lowest BCUT2D eigenvalue weighted by atomic mass is 9.82. The number of nitrogens with zero attached hydrogens (tertiary/aromatic N) is 3. The molecule has 0 amide bonds. The van der Waals surface area contributed by atoms with Gasteiger partial charge in [0.1, 0.15) is 17.8 Å². The van der Waals surface area contributed by atoms with Crippen LogP contribution < -0.4 is 5.73 Å². The minimum absolute atomic E-state index is 0.00216. The molecule has 42 heavy (non-hydrogen) atoms. The molecule has 0 bridgehead atoms. The standard InChI is InChI=1S/C14H13ClO5S.C10H5Cl2F3N4O2/c1-21(19,20)8-5-6-9(10(15)7-8)14(18)13-11(16)3-2-4-12(13)17;11-5-1-4(10(13,14)15)2-6(12)8(5)18-9(16)7(3-17-18)19(20)21/h5-7,13H,2-4H2,1H3;1-3H,16H2. The van der Waals surface area contributed by atoms with Crippen molar-refractivity contribution >= 4 is 73.5 Å². The first-order valence-corrected chi connectivity index (χ1v) is 14.5. The number of carbonyl (C=O) groups is 3. The van der Waals surface area contributed by atoms with Crippen LogP contribution in [0.15, 0.2) is 41.4 Å². The van der Waals surface area contributed by atoms with Crippen LogP contribution in [0.2, 0.25) is 15.1 Å². The maximum atomic E-state index is 12.6. The third-order valence-corrected chi connectivity index (χ3v) is 7.92. The number of benzene rings is 2. The highest BCUT2D eigenvalue weighted by Gasteiger charge is 2.37. The SMILES string of the molecule is CS(=O)(=O)c1ccc(C(=O)C2C(=O)CCCC2=O)c(Cl)c1.Nc1c([N+](=O)[O-])cnn1-c1c(Cl)cc(C(F)(F)F)cc1Cl. The van der Waals surface area contributed by atoms with Gasteiger partial charge in [-0.15, -0.1) is 0 Å². The maximum Gasteiger partial charge on any atom is 0.416 e. The van der Waals surface area contributed by atoms with E-state index in [1.807, 2.05) is 0 Å². The van der Waals surface area contributed by atoms with Crippen LogP contribution in [0, 0.1) is 16.0 Å². The number of carbonyl (C=O) groups excluding carboxylic acids is 3. The number of ketones is 3. The van der Waals surface area contributed by atoms with Crippen LogP contribution in [0.4, 0.5) is 24.7 Å². The number of aromatic nitrogens is 2. The summed E-state index contributed by atoms with van der Waals surface area (Å²) in [5.74, 6) is -3.17. The summed E-state index contributed by atoms with van der Waals surface area (Å²) < 4.78 is 61.5. The van der Waals surface area contributed by atoms with Crippen LogP contribution in [0.25, 0.3) is 5.69 Å². The molecule has 0 radical (unpaired) electrons. The molecule has 1 aliphatic carbocycles. The molecule has 0 saturated heterocycles. The van der Waals surface area contributed by atoms with Gasteiger partial charge in [0.15, 0.2) is 27.2 Å². The molecule has 1 fully saturated rings. The number of hydrogen-bond acceptors (Lipinski definition) is 9. The lowest BCUT2D eigenvalue weighted by Crippen LogP contribution is -2.35. The highest BCUT2D eigenvalue weighted by molar-refractivity contribution is 7.90. The van der Waals surface area contributed by atoms with Gasteiger partial charge in [0.2, 0.25) is 5.82 Å². The number of halogens is 6. The molecule has 1 aromatic heterocycles. The molecule has 224 valence electrons. The van der Waals surface area contributed by atoms with Crippen molar-refractivity contribution in [3.63, 3.8) is 0 Å². The largest absolute Gasteiger partial charge is 0.416 e. The van der Waals surface area contributed by atoms with Gasteiger partial charge in [-0.3, -0.25) is 24.5 Å². The van der Waals surface area contributed by atoms with Gasteiger partial charge in [-0.05, 0) is 36.8 Å². The number of nitrogen functional groups attached to an aromatic ring is 1. The lowest BCUT2D eigenvalue weighted by Gasteiger charge is -2.18. The third-order valence-electron chi connectivity index (χ3n) is 5.93. The topological polar surface area (TPSA) is 172 Å². The smallest absolute Gasteiger partial charge is 0.378 e. The van der Waals surface area contributed by atoms with Crippen LogP contribution in [0.5, 0.6) is 0 Å². The minimum Gasteiger partial charge on any atom is -0.378 e. The van der Waals surface area contributed by atoms with Crippen LogP contribution in [0.3, 0.4) is 0 Å². The van der Waals surface area contributed by atoms with Gasteiger partial charge in [-0.25, -0.2) is 13.1 Å². The molecule has 1 heterocycles. The quantitative estimate of drug-likeness (QED) is 0.158. The first-order chi connectivity index (χ1) is 19.3. The molecule has 18 heteroatoms. The number of anilines is 1. The second kappa shape index (κ2) is 12.4. The molecule has 4 rings (SSSR count). The van der Waals surface area contributed by atoms with E-state index in [1.54, 1.807) is 0 Å². The Bertz CT molecular complexity index is 1690. The average molecular weight is 670 g/mol. The zero-order valence-electron chi connectivity index (χ0n) is 21.1. The Morgan fingerprint density at radius 1 is 1.07 bits per heavy atom. The molecular weight excluding hydrogens is 652 g/mol. The molecule has 2 aromatic carbocycles. The third kappa shape index (κ3) is 7.09. The first-order valence-electron chi connectivity index (χ1n) is 11.5. The van der Waals surface area contributed by atoms with Gasteiger partial charge in [-0.2, -0.15) is 18.3 Å². The van der Waals surface area contributed by atoms with Crippen molar-refractivity contribution in [3.8, 4) is 5.69 Å². The molecule has 0 unspecified atom stereocenters. The molecule has 1 saturated carbocycles. The van der Waals surface area contributed by atoms with E-state index in [1.165, 1.54) is 12.1 Å². The summed E-state index contributed by atoms with van der Waals surface area (Å²) in [6, 6.07) is 4.91. The summed E-state index contributed by atoms with van der Waals surface area (Å²) in [6.07, 6.45) is -1.91. The van der Waals surface area contributed by atoms with Crippen LogP contribution in [-0.2, 0) is 25.6 Å². The van der Waals surface area contributed by atoms with E-state index in [0.717, 1.165) is 23.2 Å². The van der Waals surface area contributed by atoms with Crippen molar-refractivity contribution < 1.29 is 40.9 Å². The summed E-state index contributed by atoms with van der Waals surface area (Å²) in [5, 5.41) is 13.4. The molecule has 0 atom stereocenters. The summed E-state index contributed by atoms with van der Waals surface area (Å²) in [6.45, 7) is 0. The fraction of sp³-hybridized carbons (Fsp3) is 0.250. The predicted molar refractivity (Wildman–Crippen MR) is 146 cm³/mol. The Labute approximate surface area is 250 Å². The molecular formula is C24H18Cl3F3N4O7S. The van der Waals surface area contributed by atoms with E-state index in [0.29, 0.717) is 18.6 Å². The van der Waals surface area contributed by atoms with Crippen LogP contribution >= 0.6 is 34.8 Å². The minimum atomic E-state index is -4.63. The van der Waals surface area contributed by atoms with Gasteiger partial charge in [0, 0.05) is 24.7 Å². The zero-order valence-corrected chi connectivity index (χ0v) is 24.2. The van der Waals surface area contributed by atoms with Crippen molar-refractivity contribution in [2.24, 2.45) is 5.92 Å². The Balaban J connectivity index is 0.000000230. The van der Waals surface area contributed by atoms with Crippen molar-refractivity contribution in [3.05, 3.63) is 72.8 Å². The number of alkyl halides is 3. The number of Topliss-reactive ketones (excluding diaryl/α,β-unsaturated/α-hetero) is 3. The van der Waals surface area contributed by atoms with Gasteiger partial charge in [-0.1, -0.05) is 34.8 Å². The molecule has 2 N–H and O–H groups in total. The Hall–Kier alpha value is -3.53. The van der Waals surface area contributed by atoms with Gasteiger partial charge >= 0.3 is 11.9 Å². The molecule has 11 nitrogen and oxygen atoms in total. The Morgan fingerprint density at radius 2 is 1.62 bits per heavy atom. The summed E-state index contributed by atoms with van der Waals surface area (Å²) in [4.78, 5) is 45.7. The Morgan fingerprint density at radius 3 is 2.05 bits per heavy atom. The summed E-state index contributed by atoms with van der Waals surface area (Å²) in [7, 11) is -3.44. The van der Waals surface area contributed by atoms with Crippen molar-refractivity contribution in [1.29, 1.82) is 0 Å². The van der Waals surface area contributed by atoms with E-state index >= 15 is 0 Å². The zero-order chi connectivity index (χ0) is 31.7. The van der Waals surface area contributed by atoms with Gasteiger partial charge < -0.3 is 5.73 Å². The monoisotopic (exact) mass is 668 g/mol. The molecule has 0 spiro atoms. The average Bonchev–Trinajstić information content (AvgIpc) is 3.23. The number of sulfone groups is 1.